The van der Waals surface area contributed by atoms with E-state index in [2.05, 4.69) is 11.2 Å². The first-order valence-electron chi connectivity index (χ1n) is 8.60. The molecule has 28 heavy (non-hydrogen) atoms. The Morgan fingerprint density at radius 1 is 1.32 bits per heavy atom. The maximum atomic E-state index is 13.5. The number of anilines is 1. The lowest BCUT2D eigenvalue weighted by Gasteiger charge is -2.32. The van der Waals surface area contributed by atoms with Crippen LogP contribution in [0.5, 0.6) is 0 Å². The van der Waals surface area contributed by atoms with E-state index in [0.29, 0.717) is 34.6 Å². The molecule has 0 aliphatic carbocycles. The number of carbonyl (C=O) groups is 3. The van der Waals surface area contributed by atoms with Gasteiger partial charge in [0.15, 0.2) is 12.1 Å². The number of amides is 3. The molecule has 4 atom stereocenters. The number of imide groups is 1. The molecule has 4 heterocycles. The minimum Gasteiger partial charge on any atom is -0.353 e. The van der Waals surface area contributed by atoms with Crippen molar-refractivity contribution in [2.75, 3.05) is 24.7 Å². The Kier molecular flexibility index (Phi) is 3.71. The Balaban J connectivity index is 1.57. The number of fused-ring (bicyclic) bond motifs is 1. The lowest BCUT2D eigenvalue weighted by atomic mass is 10.0. The normalized spacial score (nSPS) is 30.6. The van der Waals surface area contributed by atoms with E-state index >= 15 is 0 Å². The van der Waals surface area contributed by atoms with Crippen molar-refractivity contribution in [3.05, 3.63) is 45.4 Å². The summed E-state index contributed by atoms with van der Waals surface area (Å²) in [7, 11) is 0. The zero-order valence-corrected chi connectivity index (χ0v) is 16.6. The first-order valence-corrected chi connectivity index (χ1v) is 9.68. The number of aromatic nitrogens is 1. The van der Waals surface area contributed by atoms with Gasteiger partial charge >= 0.3 is 6.03 Å². The Morgan fingerprint density at radius 2 is 2.14 bits per heavy atom. The summed E-state index contributed by atoms with van der Waals surface area (Å²) in [4.78, 5) is 42.8. The Hall–Kier alpha value is -2.62. The number of carbonyl (C=O) groups excluding carboxylic acids is 3. The first-order chi connectivity index (χ1) is 13.5. The molecule has 3 saturated heterocycles. The Labute approximate surface area is 172 Å². The number of nitriles is 1. The topological polar surface area (TPSA) is 108 Å². The molecule has 3 fully saturated rings. The summed E-state index contributed by atoms with van der Waals surface area (Å²) < 4.78 is 5.43. The van der Waals surface area contributed by atoms with E-state index in [9.17, 15) is 14.4 Å². The van der Waals surface area contributed by atoms with Crippen LogP contribution < -0.4 is 4.90 Å². The average Bonchev–Trinajstić information content (AvgIpc) is 3.44. The highest BCUT2D eigenvalue weighted by Crippen LogP contribution is 2.44. The number of ketones is 1. The van der Waals surface area contributed by atoms with Crippen LogP contribution in [0.4, 0.5) is 10.5 Å². The number of benzene rings is 1. The summed E-state index contributed by atoms with van der Waals surface area (Å²) in [6.45, 7) is 1.16. The van der Waals surface area contributed by atoms with Crippen LogP contribution in [0.3, 0.4) is 0 Å². The molecular weight excluding hydrogens is 477 g/mol. The molecular formula is C18H13IN5O4+. The third kappa shape index (κ3) is 2.12. The molecule has 0 N–H and O–H groups in total. The summed E-state index contributed by atoms with van der Waals surface area (Å²) in [5.74, 6) is -0.540. The predicted molar refractivity (Wildman–Crippen MR) is 102 cm³/mol. The molecule has 3 unspecified atom stereocenters. The molecule has 10 heteroatoms. The second-order valence-electron chi connectivity index (χ2n) is 7.11. The van der Waals surface area contributed by atoms with Crippen molar-refractivity contribution in [3.8, 4) is 6.07 Å². The van der Waals surface area contributed by atoms with Crippen molar-refractivity contribution < 1.29 is 23.4 Å². The van der Waals surface area contributed by atoms with E-state index in [-0.39, 0.29) is 21.9 Å². The van der Waals surface area contributed by atoms with Crippen LogP contribution in [0.15, 0.2) is 35.0 Å². The number of quaternary nitrogens is 1. The van der Waals surface area contributed by atoms with E-state index in [1.54, 1.807) is 18.2 Å². The molecule has 0 saturated carbocycles. The van der Waals surface area contributed by atoms with E-state index in [0.717, 1.165) is 4.90 Å². The third-order valence-corrected chi connectivity index (χ3v) is 6.67. The number of Topliss-reactive ketones (excluding diaryl/α,β-unsaturated/α-hetero) is 1. The molecule has 1 aromatic heterocycles. The fourth-order valence-corrected chi connectivity index (χ4v) is 5.14. The molecule has 3 aliphatic rings. The van der Waals surface area contributed by atoms with Gasteiger partial charge in [-0.2, -0.15) is 10.2 Å². The fourth-order valence-electron chi connectivity index (χ4n) is 4.52. The summed E-state index contributed by atoms with van der Waals surface area (Å²) >= 11 is 2.00. The molecule has 2 bridgehead atoms. The molecule has 5 rings (SSSR count). The highest BCUT2D eigenvalue weighted by molar-refractivity contribution is 14.1. The summed E-state index contributed by atoms with van der Waals surface area (Å²) in [5.41, 5.74) is 0.895. The molecule has 9 nitrogen and oxygen atoms in total. The van der Waals surface area contributed by atoms with Crippen LogP contribution in [-0.4, -0.2) is 64.1 Å². The maximum absolute atomic E-state index is 13.5. The number of piperazine rings is 1. The van der Waals surface area contributed by atoms with Crippen LogP contribution in [-0.2, 0) is 4.79 Å². The second kappa shape index (κ2) is 5.94. The van der Waals surface area contributed by atoms with Crippen molar-refractivity contribution >= 4 is 46.0 Å². The molecule has 3 amide bonds. The summed E-state index contributed by atoms with van der Waals surface area (Å²) in [6.07, 6.45) is 1.38. The van der Waals surface area contributed by atoms with Gasteiger partial charge in [0.25, 0.3) is 11.7 Å². The van der Waals surface area contributed by atoms with Gasteiger partial charge in [0.2, 0.25) is 5.76 Å². The largest absolute Gasteiger partial charge is 0.433 e. The lowest BCUT2D eigenvalue weighted by molar-refractivity contribution is -0.852. The van der Waals surface area contributed by atoms with Crippen LogP contribution in [0.2, 0.25) is 0 Å². The van der Waals surface area contributed by atoms with Crippen LogP contribution in [0.25, 0.3) is 0 Å². The number of rotatable bonds is 3. The summed E-state index contributed by atoms with van der Waals surface area (Å²) in [5, 5.41) is 12.7. The number of hydrogen-bond acceptors (Lipinski definition) is 7. The van der Waals surface area contributed by atoms with Crippen molar-refractivity contribution in [3.63, 3.8) is 0 Å². The molecule has 140 valence electrons. The molecule has 1 aromatic carbocycles. The number of halogens is 1. The Morgan fingerprint density at radius 3 is 2.82 bits per heavy atom. The van der Waals surface area contributed by atoms with Gasteiger partial charge in [0, 0.05) is 9.64 Å². The van der Waals surface area contributed by atoms with Crippen molar-refractivity contribution in [1.82, 2.24) is 10.1 Å². The van der Waals surface area contributed by atoms with Crippen LogP contribution in [0, 0.1) is 14.9 Å². The Bertz CT molecular complexity index is 1080. The minimum atomic E-state index is -0.703. The number of urea groups is 1. The quantitative estimate of drug-likeness (QED) is 0.277. The SMILES string of the molecule is N#Cc1ccc(N2C(=O)C3C[N@]4CC(C(=O)c5ccno5)[N+]3(C4)C2=O)cc1I. The fraction of sp³-hybridized carbons (Fsp3) is 0.278. The third-order valence-electron chi connectivity index (χ3n) is 5.78. The second-order valence-corrected chi connectivity index (χ2v) is 8.27. The van der Waals surface area contributed by atoms with Crippen molar-refractivity contribution in [2.45, 2.75) is 12.1 Å². The standard InChI is InChI=1S/C18H13IN5O4/c19-12-5-11(2-1-10(12)6-20)23-17(26)14-8-22-7-13(24(14,9-22)18(23)27)16(25)15-3-4-21-28-15/h1-5,13-14H,7-9H2/q+1. The minimum absolute atomic E-state index is 0.0941. The zero-order valence-electron chi connectivity index (χ0n) is 14.4. The van der Waals surface area contributed by atoms with Gasteiger partial charge in [-0.1, -0.05) is 5.16 Å². The van der Waals surface area contributed by atoms with E-state index in [1.165, 1.54) is 12.3 Å². The smallest absolute Gasteiger partial charge is 0.353 e. The van der Waals surface area contributed by atoms with E-state index in [1.807, 2.05) is 27.5 Å². The summed E-state index contributed by atoms with van der Waals surface area (Å²) in [6, 6.07) is 6.65. The highest BCUT2D eigenvalue weighted by atomic mass is 127. The number of hydrogen-bond donors (Lipinski definition) is 0. The molecule has 0 radical (unpaired) electrons. The van der Waals surface area contributed by atoms with Gasteiger partial charge in [-0.25, -0.2) is 14.2 Å². The van der Waals surface area contributed by atoms with Gasteiger partial charge in [-0.15, -0.1) is 0 Å². The van der Waals surface area contributed by atoms with Gasteiger partial charge in [-0.3, -0.25) is 9.59 Å². The molecule has 1 spiro atoms. The average molecular weight is 490 g/mol. The number of nitrogens with zero attached hydrogens (tertiary/aromatic N) is 5. The lowest BCUT2D eigenvalue weighted by Crippen LogP contribution is -2.62. The van der Waals surface area contributed by atoms with Crippen LogP contribution >= 0.6 is 22.6 Å². The molecule has 2 aromatic rings. The van der Waals surface area contributed by atoms with Crippen molar-refractivity contribution in [2.24, 2.45) is 0 Å². The predicted octanol–water partition coefficient (Wildman–Crippen LogP) is 1.34. The maximum Gasteiger partial charge on any atom is 0.433 e. The molecule has 3 aliphatic heterocycles. The van der Waals surface area contributed by atoms with Gasteiger partial charge in [-0.05, 0) is 40.8 Å². The van der Waals surface area contributed by atoms with E-state index < -0.39 is 18.1 Å². The van der Waals surface area contributed by atoms with E-state index in [4.69, 9.17) is 9.78 Å². The highest BCUT2D eigenvalue weighted by Gasteiger charge is 2.73. The zero-order chi connectivity index (χ0) is 19.6. The first kappa shape index (κ1) is 17.5. The van der Waals surface area contributed by atoms with Gasteiger partial charge in [0.1, 0.15) is 12.7 Å². The van der Waals surface area contributed by atoms with Crippen LogP contribution in [0.1, 0.15) is 16.1 Å². The van der Waals surface area contributed by atoms with Gasteiger partial charge < -0.3 is 4.52 Å². The monoisotopic (exact) mass is 490 g/mol. The van der Waals surface area contributed by atoms with Gasteiger partial charge in [0.05, 0.1) is 30.5 Å². The van der Waals surface area contributed by atoms with Crippen molar-refractivity contribution in [1.29, 1.82) is 5.26 Å².